The summed E-state index contributed by atoms with van der Waals surface area (Å²) < 4.78 is 0. The maximum absolute atomic E-state index is 8.15. The number of hydrogen-bond acceptors (Lipinski definition) is 5. The van der Waals surface area contributed by atoms with Gasteiger partial charge in [-0.15, -0.1) is 24.0 Å². The van der Waals surface area contributed by atoms with Crippen molar-refractivity contribution in [1.82, 2.24) is 5.64 Å². The van der Waals surface area contributed by atoms with E-state index in [1.165, 1.54) is 0 Å². The Morgan fingerprint density at radius 1 is 1.00 bits per heavy atom. The molecule has 0 atom stereocenters. The molecule has 0 saturated carbocycles. The third-order valence-electron chi connectivity index (χ3n) is 0.505. The molecule has 0 radical (unpaired) electrons. The average Bonchev–Trinajstić information content (AvgIpc) is 1.89. The second kappa shape index (κ2) is 12.2. The van der Waals surface area contributed by atoms with Gasteiger partial charge in [0.05, 0.1) is 26.4 Å². The van der Waals surface area contributed by atoms with Crippen LogP contribution in [0.4, 0.5) is 0 Å². The molecule has 3 N–H and O–H groups in total. The van der Waals surface area contributed by atoms with Gasteiger partial charge in [-0.25, -0.2) is 0 Å². The Morgan fingerprint density at radius 2 is 1.40 bits per heavy atom. The highest BCUT2D eigenvalue weighted by Crippen LogP contribution is 1.67. The van der Waals surface area contributed by atoms with Crippen LogP contribution in [0, 0.1) is 0 Å². The molecule has 0 rings (SSSR count). The molecule has 0 heterocycles. The molecule has 0 amide bonds. The minimum atomic E-state index is -0.0600. The Bertz CT molecular complexity index is 50.5. The topological polar surface area (TPSA) is 71.0 Å². The van der Waals surface area contributed by atoms with E-state index in [4.69, 9.17) is 10.2 Å². The lowest BCUT2D eigenvalue weighted by molar-refractivity contribution is -0.178. The number of aliphatic hydroxyl groups is 2. The number of halogens is 1. The lowest BCUT2D eigenvalue weighted by Crippen LogP contribution is -2.19. The zero-order chi connectivity index (χ0) is 6.95. The van der Waals surface area contributed by atoms with Gasteiger partial charge in [0.15, 0.2) is 0 Å². The first kappa shape index (κ1) is 13.1. The van der Waals surface area contributed by atoms with E-state index in [0.29, 0.717) is 0 Å². The van der Waals surface area contributed by atoms with E-state index in [2.05, 4.69) is 15.3 Å². The van der Waals surface area contributed by atoms with Crippen LogP contribution in [0.3, 0.4) is 0 Å². The highest BCUT2D eigenvalue weighted by Gasteiger charge is 1.83. The fourth-order valence-electron chi connectivity index (χ4n) is 0.216. The SMILES string of the molecule is I.OCCONOCCO. The maximum atomic E-state index is 8.15. The third-order valence-corrected chi connectivity index (χ3v) is 0.505. The predicted molar refractivity (Wildman–Crippen MR) is 44.6 cm³/mol. The van der Waals surface area contributed by atoms with Crippen molar-refractivity contribution in [2.45, 2.75) is 0 Å². The van der Waals surface area contributed by atoms with Crippen molar-refractivity contribution >= 4 is 24.0 Å². The first-order valence-corrected chi connectivity index (χ1v) is 2.62. The van der Waals surface area contributed by atoms with Crippen molar-refractivity contribution in [2.24, 2.45) is 0 Å². The molecule has 0 spiro atoms. The molecule has 10 heavy (non-hydrogen) atoms. The van der Waals surface area contributed by atoms with Crippen LogP contribution in [0.15, 0.2) is 0 Å². The van der Waals surface area contributed by atoms with Gasteiger partial charge >= 0.3 is 0 Å². The van der Waals surface area contributed by atoms with Crippen LogP contribution in [0.5, 0.6) is 0 Å². The number of hydrogen-bond donors (Lipinski definition) is 3. The molecule has 0 fully saturated rings. The van der Waals surface area contributed by atoms with E-state index in [0.717, 1.165) is 0 Å². The monoisotopic (exact) mass is 265 g/mol. The zero-order valence-electron chi connectivity index (χ0n) is 5.45. The van der Waals surface area contributed by atoms with Crippen LogP contribution in [0.1, 0.15) is 0 Å². The fraction of sp³-hybridized carbons (Fsp3) is 1.00. The van der Waals surface area contributed by atoms with Gasteiger partial charge in [0.2, 0.25) is 0 Å². The average molecular weight is 265 g/mol. The number of nitrogens with one attached hydrogen (secondary N) is 1. The van der Waals surface area contributed by atoms with Crippen LogP contribution in [0.2, 0.25) is 0 Å². The molecular weight excluding hydrogens is 253 g/mol. The summed E-state index contributed by atoms with van der Waals surface area (Å²) in [4.78, 5) is 8.90. The molecule has 0 aromatic rings. The van der Waals surface area contributed by atoms with E-state index >= 15 is 0 Å². The van der Waals surface area contributed by atoms with E-state index in [9.17, 15) is 0 Å². The summed E-state index contributed by atoms with van der Waals surface area (Å²) in [5.74, 6) is 0. The minimum absolute atomic E-state index is 0. The zero-order valence-corrected chi connectivity index (χ0v) is 7.78. The van der Waals surface area contributed by atoms with Gasteiger partial charge in [0, 0.05) is 0 Å². The van der Waals surface area contributed by atoms with Gasteiger partial charge in [0.25, 0.3) is 0 Å². The summed E-state index contributed by atoms with van der Waals surface area (Å²) >= 11 is 0. The molecule has 0 aromatic heterocycles. The Hall–Kier alpha value is 0.530. The number of aliphatic hydroxyl groups excluding tert-OH is 2. The lowest BCUT2D eigenvalue weighted by Gasteiger charge is -2.01. The molecule has 0 unspecified atom stereocenters. The van der Waals surface area contributed by atoms with Crippen molar-refractivity contribution in [3.8, 4) is 0 Å². The van der Waals surface area contributed by atoms with Crippen LogP contribution >= 0.6 is 24.0 Å². The molecule has 6 heteroatoms. The van der Waals surface area contributed by atoms with Gasteiger partial charge in [0.1, 0.15) is 0 Å². The molecule has 0 bridgehead atoms. The van der Waals surface area contributed by atoms with E-state index in [-0.39, 0.29) is 50.4 Å². The largest absolute Gasteiger partial charge is 0.394 e. The molecule has 0 saturated heterocycles. The van der Waals surface area contributed by atoms with Crippen LogP contribution in [-0.4, -0.2) is 36.6 Å². The highest BCUT2D eigenvalue weighted by atomic mass is 127. The van der Waals surface area contributed by atoms with Crippen LogP contribution in [-0.2, 0) is 9.68 Å². The summed E-state index contributed by atoms with van der Waals surface area (Å²) in [6.07, 6.45) is 0. The summed E-state index contributed by atoms with van der Waals surface area (Å²) in [5.41, 5.74) is 2.07. The van der Waals surface area contributed by atoms with Crippen molar-refractivity contribution in [3.05, 3.63) is 0 Å². The molecule has 0 aliphatic carbocycles. The Balaban J connectivity index is 0. The van der Waals surface area contributed by atoms with Crippen molar-refractivity contribution in [2.75, 3.05) is 26.4 Å². The van der Waals surface area contributed by atoms with Crippen LogP contribution in [0.25, 0.3) is 0 Å². The summed E-state index contributed by atoms with van der Waals surface area (Å²) in [6, 6.07) is 0. The van der Waals surface area contributed by atoms with Gasteiger partial charge in [-0.2, -0.15) is 0 Å². The Labute approximate surface area is 76.3 Å². The molecular formula is C4H12INO4. The smallest absolute Gasteiger partial charge is 0.0940 e. The van der Waals surface area contributed by atoms with Crippen molar-refractivity contribution in [1.29, 1.82) is 0 Å². The predicted octanol–water partition coefficient (Wildman–Crippen LogP) is -0.958. The van der Waals surface area contributed by atoms with E-state index in [1.54, 1.807) is 0 Å². The third kappa shape index (κ3) is 11.3. The molecule has 5 nitrogen and oxygen atoms in total. The standard InChI is InChI=1S/C4H11NO4.HI/c6-1-3-8-5-9-4-2-7;/h5-7H,1-4H2;1H. The van der Waals surface area contributed by atoms with Gasteiger partial charge in [-0.05, 0) is 0 Å². The molecule has 64 valence electrons. The van der Waals surface area contributed by atoms with E-state index in [1.807, 2.05) is 0 Å². The van der Waals surface area contributed by atoms with Crippen LogP contribution < -0.4 is 5.64 Å². The number of rotatable bonds is 6. The van der Waals surface area contributed by atoms with Gasteiger partial charge in [-0.3, -0.25) is 9.68 Å². The van der Waals surface area contributed by atoms with E-state index < -0.39 is 0 Å². The highest BCUT2D eigenvalue weighted by molar-refractivity contribution is 14.0. The Kier molecular flexibility index (Phi) is 16.1. The first-order valence-electron chi connectivity index (χ1n) is 2.62. The molecule has 0 aliphatic heterocycles. The first-order chi connectivity index (χ1) is 4.41. The molecule has 0 aliphatic rings. The maximum Gasteiger partial charge on any atom is 0.0940 e. The second-order valence-electron chi connectivity index (χ2n) is 1.23. The fourth-order valence-corrected chi connectivity index (χ4v) is 0.216. The molecule has 0 aromatic carbocycles. The second-order valence-corrected chi connectivity index (χ2v) is 1.23. The lowest BCUT2D eigenvalue weighted by atomic mass is 10.8. The summed E-state index contributed by atoms with van der Waals surface area (Å²) in [7, 11) is 0. The summed E-state index contributed by atoms with van der Waals surface area (Å²) in [6.45, 7) is 0.224. The van der Waals surface area contributed by atoms with Crippen molar-refractivity contribution in [3.63, 3.8) is 0 Å². The Morgan fingerprint density at radius 3 is 1.70 bits per heavy atom. The van der Waals surface area contributed by atoms with Gasteiger partial charge < -0.3 is 10.2 Å². The van der Waals surface area contributed by atoms with Crippen molar-refractivity contribution < 1.29 is 19.9 Å². The quantitative estimate of drug-likeness (QED) is 0.328. The van der Waals surface area contributed by atoms with Gasteiger partial charge in [-0.1, -0.05) is 5.64 Å². The normalized spacial score (nSPS) is 9.00. The minimum Gasteiger partial charge on any atom is -0.394 e. The summed E-state index contributed by atoms with van der Waals surface area (Å²) in [5, 5.41) is 16.3.